The summed E-state index contributed by atoms with van der Waals surface area (Å²) in [6.07, 6.45) is 1.57. The third kappa shape index (κ3) is 4.76. The number of aromatic carboxylic acids is 1. The number of nitrogens with zero attached hydrogens (tertiary/aromatic N) is 2. The summed E-state index contributed by atoms with van der Waals surface area (Å²) in [5, 5.41) is 18.7. The number of benzene rings is 2. The van der Waals surface area contributed by atoms with Crippen LogP contribution >= 0.6 is 0 Å². The lowest BCUT2D eigenvalue weighted by atomic mass is 9.75. The first kappa shape index (κ1) is 22.5. The molecule has 0 fully saturated rings. The van der Waals surface area contributed by atoms with E-state index in [1.165, 1.54) is 36.4 Å². The Balaban J connectivity index is 1.95. The second kappa shape index (κ2) is 7.80. The lowest BCUT2D eigenvalue weighted by molar-refractivity contribution is -0.255. The van der Waals surface area contributed by atoms with Crippen LogP contribution in [-0.2, 0) is 19.7 Å². The topological polar surface area (TPSA) is 108 Å². The highest BCUT2D eigenvalue weighted by Gasteiger charge is 2.49. The fourth-order valence-corrected chi connectivity index (χ4v) is 3.47. The minimum Gasteiger partial charge on any atom is -0.545 e. The Labute approximate surface area is 176 Å². The average Bonchev–Trinajstić information content (AvgIpc) is 2.68. The number of halogens is 3. The number of azo groups is 1. The third-order valence-corrected chi connectivity index (χ3v) is 5.63. The van der Waals surface area contributed by atoms with Crippen LogP contribution in [0.4, 0.5) is 24.5 Å². The Kier molecular flexibility index (Phi) is 5.66. The Hall–Kier alpha value is -3.21. The van der Waals surface area contributed by atoms with Crippen molar-refractivity contribution in [2.24, 2.45) is 10.2 Å². The molecule has 0 bridgehead atoms. The van der Waals surface area contributed by atoms with Crippen LogP contribution in [0.15, 0.2) is 58.8 Å². The quantitative estimate of drug-likeness (QED) is 0.380. The fraction of sp³-hybridized carbons (Fsp3) is 0.250. The van der Waals surface area contributed by atoms with E-state index in [-0.39, 0.29) is 23.2 Å². The van der Waals surface area contributed by atoms with Gasteiger partial charge in [-0.15, -0.1) is 0 Å². The molecule has 1 aliphatic rings. The number of carbonyl (C=O) groups is 1. The van der Waals surface area contributed by atoms with Crippen molar-refractivity contribution in [3.63, 3.8) is 0 Å². The lowest BCUT2D eigenvalue weighted by Crippen LogP contribution is -2.27. The second-order valence-corrected chi connectivity index (χ2v) is 8.94. The van der Waals surface area contributed by atoms with Gasteiger partial charge in [-0.2, -0.15) is 31.8 Å². The maximum Gasteiger partial charge on any atom is 0.534 e. The van der Waals surface area contributed by atoms with Crippen molar-refractivity contribution in [3.05, 3.63) is 65.2 Å². The molecule has 0 saturated carbocycles. The standard InChI is InChI=1S/C20H17F3N2O5S/c1-19(2)10-9-17(30-31(28,29)20(21,22)23)15-11-14(7-8-16(15)19)25-24-13-5-3-12(4-6-13)18(26)27/h3-9,11H,10H2,1-2H3,(H,26,27)/p-1. The van der Waals surface area contributed by atoms with E-state index in [1.807, 2.05) is 13.8 Å². The third-order valence-electron chi connectivity index (χ3n) is 4.66. The Bertz CT molecular complexity index is 1180. The van der Waals surface area contributed by atoms with Gasteiger partial charge in [-0.05, 0) is 53.3 Å². The van der Waals surface area contributed by atoms with Crippen molar-refractivity contribution in [3.8, 4) is 0 Å². The van der Waals surface area contributed by atoms with Gasteiger partial charge in [0.05, 0.1) is 17.3 Å². The molecule has 0 aliphatic heterocycles. The van der Waals surface area contributed by atoms with E-state index < -0.39 is 32.8 Å². The first-order chi connectivity index (χ1) is 14.3. The van der Waals surface area contributed by atoms with Crippen LogP contribution in [0.1, 0.15) is 41.8 Å². The summed E-state index contributed by atoms with van der Waals surface area (Å²) in [7, 11) is -5.83. The number of hydrogen-bond acceptors (Lipinski definition) is 7. The zero-order valence-electron chi connectivity index (χ0n) is 16.3. The Morgan fingerprint density at radius 1 is 1.06 bits per heavy atom. The second-order valence-electron chi connectivity index (χ2n) is 7.40. The van der Waals surface area contributed by atoms with E-state index in [1.54, 1.807) is 12.1 Å². The molecule has 0 spiro atoms. The molecule has 11 heteroatoms. The molecule has 2 aromatic carbocycles. The molecule has 164 valence electrons. The summed E-state index contributed by atoms with van der Waals surface area (Å²) in [4.78, 5) is 10.8. The highest BCUT2D eigenvalue weighted by atomic mass is 32.2. The molecular formula is C20H16F3N2O5S-. The van der Waals surface area contributed by atoms with Gasteiger partial charge in [0, 0.05) is 5.56 Å². The molecular weight excluding hydrogens is 437 g/mol. The molecule has 0 N–H and O–H groups in total. The molecule has 0 radical (unpaired) electrons. The summed E-state index contributed by atoms with van der Waals surface area (Å²) in [5.74, 6) is -1.77. The van der Waals surface area contributed by atoms with Crippen LogP contribution in [-0.4, -0.2) is 19.9 Å². The highest BCUT2D eigenvalue weighted by molar-refractivity contribution is 7.87. The van der Waals surface area contributed by atoms with Gasteiger partial charge in [-0.3, -0.25) is 0 Å². The normalized spacial score (nSPS) is 16.0. The molecule has 2 aromatic rings. The summed E-state index contributed by atoms with van der Waals surface area (Å²) in [6, 6.07) is 9.97. The number of allylic oxidation sites excluding steroid dienone is 1. The maximum atomic E-state index is 12.8. The molecule has 0 amide bonds. The number of carboxylic acids is 1. The average molecular weight is 453 g/mol. The zero-order valence-corrected chi connectivity index (χ0v) is 17.1. The van der Waals surface area contributed by atoms with Gasteiger partial charge in [0.15, 0.2) is 0 Å². The van der Waals surface area contributed by atoms with Crippen molar-refractivity contribution < 1.29 is 35.7 Å². The number of carbonyl (C=O) groups excluding carboxylic acids is 1. The Morgan fingerprint density at radius 2 is 1.65 bits per heavy atom. The van der Waals surface area contributed by atoms with Gasteiger partial charge >= 0.3 is 15.6 Å². The van der Waals surface area contributed by atoms with Crippen LogP contribution in [0.5, 0.6) is 0 Å². The van der Waals surface area contributed by atoms with Gasteiger partial charge in [-0.1, -0.05) is 32.0 Å². The number of carboxylic acid groups (broad SMARTS) is 1. The van der Waals surface area contributed by atoms with Gasteiger partial charge in [0.2, 0.25) is 0 Å². The smallest absolute Gasteiger partial charge is 0.534 e. The molecule has 31 heavy (non-hydrogen) atoms. The summed E-state index contributed by atoms with van der Waals surface area (Å²) >= 11 is 0. The summed E-state index contributed by atoms with van der Waals surface area (Å²) in [6.45, 7) is 3.72. The molecule has 0 unspecified atom stereocenters. The van der Waals surface area contributed by atoms with Gasteiger partial charge in [0.25, 0.3) is 0 Å². The molecule has 7 nitrogen and oxygen atoms in total. The highest BCUT2D eigenvalue weighted by Crippen LogP contribution is 2.42. The van der Waals surface area contributed by atoms with Crippen LogP contribution < -0.4 is 5.11 Å². The van der Waals surface area contributed by atoms with E-state index in [0.717, 1.165) is 0 Å². The molecule has 3 rings (SSSR count). The van der Waals surface area contributed by atoms with Crippen molar-refractivity contribution in [2.75, 3.05) is 0 Å². The Morgan fingerprint density at radius 3 is 2.23 bits per heavy atom. The molecule has 1 aliphatic carbocycles. The summed E-state index contributed by atoms with van der Waals surface area (Å²) in [5.41, 5.74) is -4.74. The predicted octanol–water partition coefficient (Wildman–Crippen LogP) is 4.35. The first-order valence-corrected chi connectivity index (χ1v) is 10.3. The van der Waals surface area contributed by atoms with Crippen molar-refractivity contribution in [1.82, 2.24) is 0 Å². The molecule has 0 aromatic heterocycles. The van der Waals surface area contributed by atoms with Crippen molar-refractivity contribution in [1.29, 1.82) is 0 Å². The largest absolute Gasteiger partial charge is 0.545 e. The summed E-state index contributed by atoms with van der Waals surface area (Å²) < 4.78 is 65.7. The van der Waals surface area contributed by atoms with E-state index in [2.05, 4.69) is 14.4 Å². The number of alkyl halides is 3. The van der Waals surface area contributed by atoms with E-state index in [4.69, 9.17) is 0 Å². The van der Waals surface area contributed by atoms with E-state index >= 15 is 0 Å². The minimum atomic E-state index is -5.83. The molecule has 0 saturated heterocycles. The minimum absolute atomic E-state index is 0.0345. The number of rotatable bonds is 5. The van der Waals surface area contributed by atoms with E-state index in [9.17, 15) is 31.5 Å². The number of fused-ring (bicyclic) bond motifs is 1. The number of hydrogen-bond donors (Lipinski definition) is 0. The van der Waals surface area contributed by atoms with Crippen molar-refractivity contribution in [2.45, 2.75) is 31.2 Å². The SMILES string of the molecule is CC1(C)CC=C(OS(=O)(=O)C(F)(F)F)c2cc(N=Nc3ccc(C(=O)[O-])cc3)ccc21. The van der Waals surface area contributed by atoms with Crippen LogP contribution in [0.2, 0.25) is 0 Å². The zero-order chi connectivity index (χ0) is 23.0. The monoisotopic (exact) mass is 453 g/mol. The van der Waals surface area contributed by atoms with Crippen LogP contribution in [0.25, 0.3) is 5.76 Å². The van der Waals surface area contributed by atoms with Crippen LogP contribution in [0.3, 0.4) is 0 Å². The fourth-order valence-electron chi connectivity index (χ4n) is 2.98. The van der Waals surface area contributed by atoms with Crippen molar-refractivity contribution >= 4 is 33.2 Å². The first-order valence-electron chi connectivity index (χ1n) is 8.89. The molecule has 0 heterocycles. The van der Waals surface area contributed by atoms with E-state index in [0.29, 0.717) is 11.3 Å². The molecule has 0 atom stereocenters. The van der Waals surface area contributed by atoms with Gasteiger partial charge in [0.1, 0.15) is 5.76 Å². The van der Waals surface area contributed by atoms with Crippen LogP contribution in [0, 0.1) is 0 Å². The maximum absolute atomic E-state index is 12.8. The van der Waals surface area contributed by atoms with Gasteiger partial charge in [-0.25, -0.2) is 0 Å². The predicted molar refractivity (Wildman–Crippen MR) is 103 cm³/mol. The van der Waals surface area contributed by atoms with Gasteiger partial charge < -0.3 is 14.1 Å². The lowest BCUT2D eigenvalue weighted by Gasteiger charge is -2.31.